The fourth-order valence-electron chi connectivity index (χ4n) is 1.48. The van der Waals surface area contributed by atoms with Gasteiger partial charge >= 0.3 is 6.18 Å². The van der Waals surface area contributed by atoms with Gasteiger partial charge in [-0.3, -0.25) is 0 Å². The van der Waals surface area contributed by atoms with Crippen LogP contribution in [0.1, 0.15) is 11.1 Å². The molecule has 0 spiro atoms. The fraction of sp³-hybridized carbons (Fsp3) is 0.0909. The summed E-state index contributed by atoms with van der Waals surface area (Å²) in [4.78, 5) is 3.83. The summed E-state index contributed by atoms with van der Waals surface area (Å²) in [6.07, 6.45) is -3.61. The smallest absolute Gasteiger partial charge is 0.307 e. The van der Waals surface area contributed by atoms with Crippen molar-refractivity contribution in [3.63, 3.8) is 0 Å². The minimum atomic E-state index is -4.79. The minimum Gasteiger partial charge on any atom is -0.307 e. The van der Waals surface area contributed by atoms with Crippen molar-refractivity contribution < 1.29 is 17.6 Å². The molecule has 2 rings (SSSR count). The first-order valence-corrected chi connectivity index (χ1v) is 5.29. The van der Waals surface area contributed by atoms with Crippen molar-refractivity contribution in [2.75, 3.05) is 0 Å². The molecule has 1 aromatic carbocycles. The molecule has 0 bridgehead atoms. The number of alkyl halides is 3. The Balaban J connectivity index is 2.67. The van der Waals surface area contributed by atoms with E-state index >= 15 is 0 Å². The molecule has 0 aromatic heterocycles. The third kappa shape index (κ3) is 2.63. The molecule has 0 unspecified atom stereocenters. The van der Waals surface area contributed by atoms with Crippen LogP contribution in [0.15, 0.2) is 27.9 Å². The summed E-state index contributed by atoms with van der Waals surface area (Å²) in [5.74, 6) is 3.71. The number of benzene rings is 1. The molecule has 3 N–H and O–H groups in total. The number of nitrogens with one attached hydrogen (secondary N) is 1. The summed E-state index contributed by atoms with van der Waals surface area (Å²) in [5, 5.41) is -0.0207. The molecule has 0 fully saturated rings. The standard InChI is InChI=1S/C11H6ClF4N3/c12-7-2-1-5-3-6(11(14,15)16)8(13)4-9(5)18-10(7)19-17/h1,3-4H,17H2,(H,18,19). The first kappa shape index (κ1) is 13.6. The van der Waals surface area contributed by atoms with E-state index in [1.165, 1.54) is 6.08 Å². The molecule has 0 amide bonds. The van der Waals surface area contributed by atoms with Crippen LogP contribution in [0.25, 0.3) is 6.08 Å². The zero-order valence-electron chi connectivity index (χ0n) is 9.15. The molecule has 0 aliphatic carbocycles. The van der Waals surface area contributed by atoms with Gasteiger partial charge in [-0.25, -0.2) is 15.2 Å². The largest absolute Gasteiger partial charge is 0.419 e. The number of hydrazine groups is 1. The van der Waals surface area contributed by atoms with Crippen molar-refractivity contribution in [2.45, 2.75) is 6.18 Å². The van der Waals surface area contributed by atoms with Gasteiger partial charge in [0.1, 0.15) is 10.8 Å². The van der Waals surface area contributed by atoms with E-state index < -0.39 is 17.6 Å². The predicted molar refractivity (Wildman–Crippen MR) is 63.2 cm³/mol. The normalized spacial score (nSPS) is 14.4. The number of hydrogen-bond acceptors (Lipinski definition) is 3. The van der Waals surface area contributed by atoms with Gasteiger partial charge in [0.15, 0.2) is 5.84 Å². The lowest BCUT2D eigenvalue weighted by Crippen LogP contribution is -2.30. The van der Waals surface area contributed by atoms with Crippen LogP contribution in [-0.2, 0) is 6.18 Å². The highest BCUT2D eigenvalue weighted by Gasteiger charge is 2.35. The first-order valence-electron chi connectivity index (χ1n) is 4.91. The van der Waals surface area contributed by atoms with Crippen molar-refractivity contribution in [1.82, 2.24) is 5.43 Å². The first-order chi connectivity index (χ1) is 8.82. The lowest BCUT2D eigenvalue weighted by molar-refractivity contribution is -0.139. The zero-order chi connectivity index (χ0) is 14.2. The Hall–Kier alpha value is -1.82. The molecule has 0 saturated carbocycles. The monoisotopic (exact) mass is 291 g/mol. The van der Waals surface area contributed by atoms with Crippen LogP contribution in [0.5, 0.6) is 0 Å². The van der Waals surface area contributed by atoms with Crippen molar-refractivity contribution in [1.29, 1.82) is 0 Å². The van der Waals surface area contributed by atoms with Crippen LogP contribution < -0.4 is 11.3 Å². The van der Waals surface area contributed by atoms with E-state index in [0.29, 0.717) is 12.1 Å². The number of aliphatic imine (C=N–C) groups is 1. The molecule has 1 aliphatic rings. The Morgan fingerprint density at radius 1 is 1.32 bits per heavy atom. The highest BCUT2D eigenvalue weighted by molar-refractivity contribution is 6.43. The van der Waals surface area contributed by atoms with Gasteiger partial charge in [0, 0.05) is 11.6 Å². The SMILES string of the molecule is NNC1=Nc2cc(F)c(C(F)(F)F)cc2C=C=C1Cl. The third-order valence-corrected chi connectivity index (χ3v) is 2.64. The van der Waals surface area contributed by atoms with Crippen LogP contribution in [0.4, 0.5) is 23.2 Å². The number of nitrogens with two attached hydrogens (primary N) is 1. The maximum atomic E-state index is 13.4. The molecule has 100 valence electrons. The van der Waals surface area contributed by atoms with Crippen LogP contribution in [0, 0.1) is 5.82 Å². The van der Waals surface area contributed by atoms with Crippen LogP contribution in [-0.4, -0.2) is 5.84 Å². The van der Waals surface area contributed by atoms with Crippen LogP contribution in [0.3, 0.4) is 0 Å². The van der Waals surface area contributed by atoms with Crippen LogP contribution in [0.2, 0.25) is 0 Å². The summed E-state index contributed by atoms with van der Waals surface area (Å²) < 4.78 is 51.1. The van der Waals surface area contributed by atoms with E-state index in [2.05, 4.69) is 16.1 Å². The summed E-state index contributed by atoms with van der Waals surface area (Å²) in [6.45, 7) is 0. The summed E-state index contributed by atoms with van der Waals surface area (Å²) in [6, 6.07) is 1.31. The second-order valence-electron chi connectivity index (χ2n) is 3.60. The van der Waals surface area contributed by atoms with Crippen molar-refractivity contribution >= 4 is 29.2 Å². The van der Waals surface area contributed by atoms with E-state index in [-0.39, 0.29) is 22.1 Å². The molecular formula is C11H6ClF4N3. The molecule has 19 heavy (non-hydrogen) atoms. The fourth-order valence-corrected chi connectivity index (χ4v) is 1.64. The van der Waals surface area contributed by atoms with Gasteiger partial charge in [-0.1, -0.05) is 17.3 Å². The second-order valence-corrected chi connectivity index (χ2v) is 3.97. The quantitative estimate of drug-likeness (QED) is 0.334. The predicted octanol–water partition coefficient (Wildman–Crippen LogP) is 3.09. The average Bonchev–Trinajstić information content (AvgIpc) is 2.46. The van der Waals surface area contributed by atoms with E-state index in [1.54, 1.807) is 0 Å². The Kier molecular flexibility index (Phi) is 3.36. The number of amidine groups is 1. The molecule has 0 saturated heterocycles. The zero-order valence-corrected chi connectivity index (χ0v) is 9.90. The number of rotatable bonds is 0. The maximum Gasteiger partial charge on any atom is 0.419 e. The van der Waals surface area contributed by atoms with E-state index in [1.807, 2.05) is 0 Å². The summed E-state index contributed by atoms with van der Waals surface area (Å²) in [7, 11) is 0. The Morgan fingerprint density at radius 2 is 2.00 bits per heavy atom. The van der Waals surface area contributed by atoms with E-state index in [9.17, 15) is 17.6 Å². The van der Waals surface area contributed by atoms with Gasteiger partial charge in [-0.05, 0) is 12.1 Å². The molecule has 1 heterocycles. The highest BCUT2D eigenvalue weighted by atomic mass is 35.5. The number of halogens is 5. The second kappa shape index (κ2) is 4.70. The lowest BCUT2D eigenvalue weighted by Gasteiger charge is -2.10. The van der Waals surface area contributed by atoms with Gasteiger partial charge in [0.05, 0.1) is 11.3 Å². The maximum absolute atomic E-state index is 13.4. The van der Waals surface area contributed by atoms with Crippen molar-refractivity contribution in [3.05, 3.63) is 39.8 Å². The van der Waals surface area contributed by atoms with Crippen LogP contribution >= 0.6 is 11.6 Å². The Labute approximate surface area is 110 Å². The number of nitrogens with zero attached hydrogens (tertiary/aromatic N) is 1. The topological polar surface area (TPSA) is 50.4 Å². The van der Waals surface area contributed by atoms with Crippen molar-refractivity contribution in [3.8, 4) is 0 Å². The molecule has 8 heteroatoms. The molecular weight excluding hydrogens is 286 g/mol. The molecule has 0 atom stereocenters. The van der Waals surface area contributed by atoms with E-state index in [0.717, 1.165) is 0 Å². The summed E-state index contributed by atoms with van der Waals surface area (Å²) in [5.41, 5.74) is 3.28. The van der Waals surface area contributed by atoms with Gasteiger partial charge < -0.3 is 5.43 Å². The van der Waals surface area contributed by atoms with Gasteiger partial charge in [-0.15, -0.1) is 0 Å². The van der Waals surface area contributed by atoms with E-state index in [4.69, 9.17) is 17.4 Å². The van der Waals surface area contributed by atoms with Crippen molar-refractivity contribution in [2.24, 2.45) is 10.8 Å². The Morgan fingerprint density at radius 3 is 2.58 bits per heavy atom. The highest BCUT2D eigenvalue weighted by Crippen LogP contribution is 2.36. The number of fused-ring (bicyclic) bond motifs is 1. The molecule has 3 nitrogen and oxygen atoms in total. The molecule has 1 aliphatic heterocycles. The third-order valence-electron chi connectivity index (χ3n) is 2.35. The molecule has 0 radical (unpaired) electrons. The van der Waals surface area contributed by atoms with Gasteiger partial charge in [-0.2, -0.15) is 13.2 Å². The van der Waals surface area contributed by atoms with Gasteiger partial charge in [0.25, 0.3) is 0 Å². The average molecular weight is 292 g/mol. The summed E-state index contributed by atoms with van der Waals surface area (Å²) >= 11 is 5.73. The Bertz CT molecular complexity index is 628. The number of hydrogen-bond donors (Lipinski definition) is 2. The van der Waals surface area contributed by atoms with Gasteiger partial charge in [0.2, 0.25) is 0 Å². The molecule has 1 aromatic rings. The minimum absolute atomic E-state index is 0.0178. The lowest BCUT2D eigenvalue weighted by atomic mass is 10.1.